The van der Waals surface area contributed by atoms with Crippen molar-refractivity contribution in [1.29, 1.82) is 0 Å². The lowest BCUT2D eigenvalue weighted by atomic mass is 10.2. The molecule has 1 fully saturated rings. The second-order valence-electron chi connectivity index (χ2n) is 4.29. The van der Waals surface area contributed by atoms with E-state index < -0.39 is 0 Å². The standard InChI is InChI=1S/C13H18N2O3/c1-17-11-6-3-9(7-12(11)18-2)8-14-13(16)15-10-4-5-10/h3,6-7,10H,4-5,8H2,1-2H3,(H2,14,15,16). The Bertz CT molecular complexity index is 430. The summed E-state index contributed by atoms with van der Waals surface area (Å²) in [6.07, 6.45) is 2.17. The summed E-state index contributed by atoms with van der Waals surface area (Å²) in [5.74, 6) is 1.35. The number of benzene rings is 1. The van der Waals surface area contributed by atoms with Crippen LogP contribution in [0.5, 0.6) is 11.5 Å². The van der Waals surface area contributed by atoms with Crippen LogP contribution < -0.4 is 20.1 Å². The van der Waals surface area contributed by atoms with E-state index in [-0.39, 0.29) is 6.03 Å². The minimum atomic E-state index is -0.118. The number of nitrogens with one attached hydrogen (secondary N) is 2. The Morgan fingerprint density at radius 2 is 2.00 bits per heavy atom. The maximum absolute atomic E-state index is 11.5. The van der Waals surface area contributed by atoms with E-state index in [1.807, 2.05) is 18.2 Å². The average molecular weight is 250 g/mol. The number of hydrogen-bond donors (Lipinski definition) is 2. The van der Waals surface area contributed by atoms with E-state index in [0.717, 1.165) is 18.4 Å². The molecule has 1 aromatic carbocycles. The zero-order valence-electron chi connectivity index (χ0n) is 10.7. The van der Waals surface area contributed by atoms with E-state index in [9.17, 15) is 4.79 Å². The first-order valence-electron chi connectivity index (χ1n) is 5.98. The number of carbonyl (C=O) groups is 1. The van der Waals surface area contributed by atoms with Crippen molar-refractivity contribution in [3.8, 4) is 11.5 Å². The third-order valence-electron chi connectivity index (χ3n) is 2.81. The highest BCUT2D eigenvalue weighted by molar-refractivity contribution is 5.74. The summed E-state index contributed by atoms with van der Waals surface area (Å²) in [7, 11) is 3.19. The van der Waals surface area contributed by atoms with Crippen LogP contribution in [0.15, 0.2) is 18.2 Å². The molecule has 2 amide bonds. The molecule has 1 saturated carbocycles. The molecule has 98 valence electrons. The predicted molar refractivity (Wildman–Crippen MR) is 67.9 cm³/mol. The normalized spacial score (nSPS) is 13.9. The second kappa shape index (κ2) is 5.62. The van der Waals surface area contributed by atoms with Crippen molar-refractivity contribution in [2.75, 3.05) is 14.2 Å². The van der Waals surface area contributed by atoms with Crippen molar-refractivity contribution in [2.24, 2.45) is 0 Å². The molecule has 5 nitrogen and oxygen atoms in total. The minimum Gasteiger partial charge on any atom is -0.493 e. The lowest BCUT2D eigenvalue weighted by Gasteiger charge is -2.10. The Morgan fingerprint density at radius 1 is 1.28 bits per heavy atom. The summed E-state index contributed by atoms with van der Waals surface area (Å²) < 4.78 is 10.4. The van der Waals surface area contributed by atoms with Gasteiger partial charge in [0, 0.05) is 12.6 Å². The molecule has 0 spiro atoms. The number of amides is 2. The fourth-order valence-electron chi connectivity index (χ4n) is 1.64. The molecular weight excluding hydrogens is 232 g/mol. The summed E-state index contributed by atoms with van der Waals surface area (Å²) in [4.78, 5) is 11.5. The highest BCUT2D eigenvalue weighted by atomic mass is 16.5. The summed E-state index contributed by atoms with van der Waals surface area (Å²) >= 11 is 0. The van der Waals surface area contributed by atoms with Gasteiger partial charge in [0.05, 0.1) is 14.2 Å². The molecule has 0 saturated heterocycles. The first kappa shape index (κ1) is 12.5. The fourth-order valence-corrected chi connectivity index (χ4v) is 1.64. The SMILES string of the molecule is COc1ccc(CNC(=O)NC2CC2)cc1OC. The zero-order valence-corrected chi connectivity index (χ0v) is 10.7. The lowest BCUT2D eigenvalue weighted by molar-refractivity contribution is 0.240. The van der Waals surface area contributed by atoms with Crippen LogP contribution in [0.4, 0.5) is 4.79 Å². The third kappa shape index (κ3) is 3.29. The summed E-state index contributed by atoms with van der Waals surface area (Å²) in [5, 5.41) is 5.68. The molecule has 5 heteroatoms. The first-order chi connectivity index (χ1) is 8.72. The van der Waals surface area contributed by atoms with Gasteiger partial charge in [0.2, 0.25) is 0 Å². The molecule has 0 radical (unpaired) electrons. The molecule has 0 atom stereocenters. The second-order valence-corrected chi connectivity index (χ2v) is 4.29. The van der Waals surface area contributed by atoms with Gasteiger partial charge in [-0.15, -0.1) is 0 Å². The van der Waals surface area contributed by atoms with Crippen LogP contribution in [-0.4, -0.2) is 26.3 Å². The first-order valence-corrected chi connectivity index (χ1v) is 5.98. The van der Waals surface area contributed by atoms with Gasteiger partial charge in [0.1, 0.15) is 0 Å². The number of methoxy groups -OCH3 is 2. The lowest BCUT2D eigenvalue weighted by Crippen LogP contribution is -2.36. The van der Waals surface area contributed by atoms with Gasteiger partial charge in [-0.05, 0) is 30.5 Å². The van der Waals surface area contributed by atoms with Crippen LogP contribution in [0.1, 0.15) is 18.4 Å². The predicted octanol–water partition coefficient (Wildman–Crippen LogP) is 1.67. The quantitative estimate of drug-likeness (QED) is 0.835. The maximum atomic E-state index is 11.5. The minimum absolute atomic E-state index is 0.118. The van der Waals surface area contributed by atoms with Crippen molar-refractivity contribution in [3.05, 3.63) is 23.8 Å². The van der Waals surface area contributed by atoms with E-state index >= 15 is 0 Å². The van der Waals surface area contributed by atoms with Crippen LogP contribution in [0.25, 0.3) is 0 Å². The van der Waals surface area contributed by atoms with Crippen molar-refractivity contribution in [3.63, 3.8) is 0 Å². The molecule has 18 heavy (non-hydrogen) atoms. The molecule has 0 heterocycles. The van der Waals surface area contributed by atoms with Gasteiger partial charge in [-0.1, -0.05) is 6.07 Å². The molecule has 1 aromatic rings. The zero-order chi connectivity index (χ0) is 13.0. The highest BCUT2D eigenvalue weighted by Crippen LogP contribution is 2.27. The number of carbonyl (C=O) groups excluding carboxylic acids is 1. The van der Waals surface area contributed by atoms with Crippen LogP contribution in [0.3, 0.4) is 0 Å². The summed E-state index contributed by atoms with van der Waals surface area (Å²) in [6.45, 7) is 0.471. The Hall–Kier alpha value is -1.91. The van der Waals surface area contributed by atoms with E-state index in [1.165, 1.54) is 0 Å². The Kier molecular flexibility index (Phi) is 3.92. The molecule has 2 N–H and O–H groups in total. The highest BCUT2D eigenvalue weighted by Gasteiger charge is 2.22. The monoisotopic (exact) mass is 250 g/mol. The van der Waals surface area contributed by atoms with Crippen molar-refractivity contribution in [1.82, 2.24) is 10.6 Å². The van der Waals surface area contributed by atoms with Gasteiger partial charge in [0.25, 0.3) is 0 Å². The van der Waals surface area contributed by atoms with Crippen molar-refractivity contribution < 1.29 is 14.3 Å². The van der Waals surface area contributed by atoms with Gasteiger partial charge in [0.15, 0.2) is 11.5 Å². The molecule has 1 aliphatic carbocycles. The van der Waals surface area contributed by atoms with E-state index in [2.05, 4.69) is 10.6 Å². The van der Waals surface area contributed by atoms with Crippen LogP contribution in [0.2, 0.25) is 0 Å². The third-order valence-corrected chi connectivity index (χ3v) is 2.81. The topological polar surface area (TPSA) is 59.6 Å². The molecule has 0 bridgehead atoms. The van der Waals surface area contributed by atoms with Crippen LogP contribution >= 0.6 is 0 Å². The molecule has 0 aliphatic heterocycles. The van der Waals surface area contributed by atoms with Crippen LogP contribution in [-0.2, 0) is 6.54 Å². The maximum Gasteiger partial charge on any atom is 0.315 e. The number of hydrogen-bond acceptors (Lipinski definition) is 3. The fraction of sp³-hybridized carbons (Fsp3) is 0.462. The number of rotatable bonds is 5. The Labute approximate surface area is 106 Å². The number of urea groups is 1. The van der Waals surface area contributed by atoms with Crippen molar-refractivity contribution in [2.45, 2.75) is 25.4 Å². The molecule has 0 aromatic heterocycles. The Morgan fingerprint density at radius 3 is 2.61 bits per heavy atom. The van der Waals surface area contributed by atoms with Gasteiger partial charge < -0.3 is 20.1 Å². The number of ether oxygens (including phenoxy) is 2. The Balaban J connectivity index is 1.89. The van der Waals surface area contributed by atoms with E-state index in [0.29, 0.717) is 24.1 Å². The molecule has 0 unspecified atom stereocenters. The molecular formula is C13H18N2O3. The molecule has 2 rings (SSSR count). The van der Waals surface area contributed by atoms with Gasteiger partial charge in [-0.2, -0.15) is 0 Å². The molecule has 1 aliphatic rings. The average Bonchev–Trinajstić information content (AvgIpc) is 3.19. The smallest absolute Gasteiger partial charge is 0.315 e. The van der Waals surface area contributed by atoms with Gasteiger partial charge in [-0.3, -0.25) is 0 Å². The summed E-state index contributed by atoms with van der Waals surface area (Å²) in [5.41, 5.74) is 0.971. The van der Waals surface area contributed by atoms with E-state index in [1.54, 1.807) is 14.2 Å². The summed E-state index contributed by atoms with van der Waals surface area (Å²) in [6, 6.07) is 5.84. The largest absolute Gasteiger partial charge is 0.493 e. The van der Waals surface area contributed by atoms with Gasteiger partial charge in [-0.25, -0.2) is 4.79 Å². The van der Waals surface area contributed by atoms with Gasteiger partial charge >= 0.3 is 6.03 Å². The van der Waals surface area contributed by atoms with E-state index in [4.69, 9.17) is 9.47 Å². The van der Waals surface area contributed by atoms with Crippen LogP contribution in [0, 0.1) is 0 Å². The van der Waals surface area contributed by atoms with Crippen molar-refractivity contribution >= 4 is 6.03 Å².